The number of halogens is 1. The normalized spacial score (nSPS) is 10.1. The van der Waals surface area contributed by atoms with Gasteiger partial charge < -0.3 is 4.74 Å². The van der Waals surface area contributed by atoms with Gasteiger partial charge in [-0.2, -0.15) is 5.10 Å². The van der Waals surface area contributed by atoms with Gasteiger partial charge in [0.25, 0.3) is 0 Å². The standard InChI is InChI=1S/C9H9ClN2O2/c1-14-9(13)6-11-12-8-4-2-3-7(10)5-8/h2-6,12H,1H3. The van der Waals surface area contributed by atoms with Gasteiger partial charge >= 0.3 is 5.97 Å². The molecule has 1 aromatic rings. The summed E-state index contributed by atoms with van der Waals surface area (Å²) in [6.45, 7) is 0. The summed E-state index contributed by atoms with van der Waals surface area (Å²) < 4.78 is 4.36. The summed E-state index contributed by atoms with van der Waals surface area (Å²) in [6.07, 6.45) is 1.04. The van der Waals surface area contributed by atoms with Gasteiger partial charge in [0, 0.05) is 5.02 Å². The number of carbonyl (C=O) groups excluding carboxylic acids is 1. The summed E-state index contributed by atoms with van der Waals surface area (Å²) in [4.78, 5) is 10.6. The van der Waals surface area contributed by atoms with Crippen LogP contribution in [0.4, 0.5) is 5.69 Å². The summed E-state index contributed by atoms with van der Waals surface area (Å²) in [5.74, 6) is -0.514. The number of rotatable bonds is 3. The predicted octanol–water partition coefficient (Wildman–Crippen LogP) is 1.91. The highest BCUT2D eigenvalue weighted by Crippen LogP contribution is 2.14. The predicted molar refractivity (Wildman–Crippen MR) is 55.6 cm³/mol. The number of ether oxygens (including phenoxy) is 1. The molecule has 0 aliphatic heterocycles. The Hall–Kier alpha value is -1.55. The summed E-state index contributed by atoms with van der Waals surface area (Å²) in [7, 11) is 1.29. The van der Waals surface area contributed by atoms with Crippen molar-refractivity contribution in [3.63, 3.8) is 0 Å². The van der Waals surface area contributed by atoms with Crippen molar-refractivity contribution in [2.24, 2.45) is 5.10 Å². The molecule has 74 valence electrons. The zero-order valence-corrected chi connectivity index (χ0v) is 8.28. The highest BCUT2D eigenvalue weighted by atomic mass is 35.5. The van der Waals surface area contributed by atoms with E-state index in [0.29, 0.717) is 10.7 Å². The van der Waals surface area contributed by atoms with E-state index in [9.17, 15) is 4.79 Å². The van der Waals surface area contributed by atoms with Crippen molar-refractivity contribution in [2.75, 3.05) is 12.5 Å². The van der Waals surface area contributed by atoms with Crippen LogP contribution in [0.3, 0.4) is 0 Å². The number of esters is 1. The molecule has 5 heteroatoms. The summed E-state index contributed by atoms with van der Waals surface area (Å²) in [6, 6.07) is 6.99. The van der Waals surface area contributed by atoms with Crippen LogP contribution in [0.1, 0.15) is 0 Å². The molecule has 1 aromatic carbocycles. The second-order valence-electron chi connectivity index (χ2n) is 2.40. The highest BCUT2D eigenvalue weighted by Gasteiger charge is 1.93. The van der Waals surface area contributed by atoms with Crippen LogP contribution < -0.4 is 5.43 Å². The molecular weight excluding hydrogens is 204 g/mol. The average molecular weight is 213 g/mol. The van der Waals surface area contributed by atoms with Crippen molar-refractivity contribution in [2.45, 2.75) is 0 Å². The number of hydrogen-bond acceptors (Lipinski definition) is 4. The Balaban J connectivity index is 2.53. The second kappa shape index (κ2) is 5.24. The van der Waals surface area contributed by atoms with E-state index in [0.717, 1.165) is 6.21 Å². The average Bonchev–Trinajstić information content (AvgIpc) is 2.17. The van der Waals surface area contributed by atoms with E-state index < -0.39 is 5.97 Å². The lowest BCUT2D eigenvalue weighted by Crippen LogP contribution is -2.02. The first-order valence-electron chi connectivity index (χ1n) is 3.85. The minimum Gasteiger partial charge on any atom is -0.465 e. The molecule has 14 heavy (non-hydrogen) atoms. The lowest BCUT2D eigenvalue weighted by atomic mass is 10.3. The Morgan fingerprint density at radius 2 is 2.43 bits per heavy atom. The van der Waals surface area contributed by atoms with Gasteiger partial charge in [-0.1, -0.05) is 17.7 Å². The van der Waals surface area contributed by atoms with Crippen LogP contribution in [-0.2, 0) is 9.53 Å². The molecule has 0 aliphatic rings. The van der Waals surface area contributed by atoms with Crippen LogP contribution in [0, 0.1) is 0 Å². The molecule has 0 amide bonds. The number of benzene rings is 1. The molecule has 0 atom stereocenters. The third-order valence-electron chi connectivity index (χ3n) is 1.39. The van der Waals surface area contributed by atoms with Crippen molar-refractivity contribution in [3.8, 4) is 0 Å². The van der Waals surface area contributed by atoms with E-state index in [2.05, 4.69) is 15.3 Å². The topological polar surface area (TPSA) is 50.7 Å². The third-order valence-corrected chi connectivity index (χ3v) is 1.62. The number of hydrogen-bond donors (Lipinski definition) is 1. The van der Waals surface area contributed by atoms with Gasteiger partial charge in [-0.15, -0.1) is 0 Å². The van der Waals surface area contributed by atoms with Gasteiger partial charge in [-0.3, -0.25) is 5.43 Å². The molecule has 0 saturated carbocycles. The number of methoxy groups -OCH3 is 1. The summed E-state index contributed by atoms with van der Waals surface area (Å²) in [5, 5.41) is 4.25. The van der Waals surface area contributed by atoms with Crippen molar-refractivity contribution < 1.29 is 9.53 Å². The smallest absolute Gasteiger partial charge is 0.350 e. The fourth-order valence-corrected chi connectivity index (χ4v) is 0.961. The molecule has 0 saturated heterocycles. The monoisotopic (exact) mass is 212 g/mol. The minimum atomic E-state index is -0.514. The van der Waals surface area contributed by atoms with Gasteiger partial charge in [0.05, 0.1) is 12.8 Å². The zero-order chi connectivity index (χ0) is 10.4. The van der Waals surface area contributed by atoms with E-state index in [1.165, 1.54) is 7.11 Å². The molecule has 0 bridgehead atoms. The first-order chi connectivity index (χ1) is 6.72. The number of hydrazone groups is 1. The van der Waals surface area contributed by atoms with Crippen LogP contribution in [-0.4, -0.2) is 19.3 Å². The quantitative estimate of drug-likeness (QED) is 0.473. The molecule has 0 fully saturated rings. The Morgan fingerprint density at radius 1 is 1.64 bits per heavy atom. The molecule has 4 nitrogen and oxygen atoms in total. The molecule has 1 rings (SSSR count). The molecule has 0 spiro atoms. The number of nitrogens with zero attached hydrogens (tertiary/aromatic N) is 1. The Labute approximate surface area is 86.5 Å². The molecule has 0 aromatic heterocycles. The number of anilines is 1. The van der Waals surface area contributed by atoms with Crippen LogP contribution in [0.5, 0.6) is 0 Å². The third kappa shape index (κ3) is 3.45. The fourth-order valence-electron chi connectivity index (χ4n) is 0.770. The van der Waals surface area contributed by atoms with Crippen LogP contribution in [0.2, 0.25) is 5.02 Å². The first-order valence-corrected chi connectivity index (χ1v) is 4.23. The maximum atomic E-state index is 10.6. The first kappa shape index (κ1) is 10.5. The van der Waals surface area contributed by atoms with E-state index in [-0.39, 0.29) is 0 Å². The highest BCUT2D eigenvalue weighted by molar-refractivity contribution is 6.30. The maximum absolute atomic E-state index is 10.6. The Morgan fingerprint density at radius 3 is 3.07 bits per heavy atom. The minimum absolute atomic E-state index is 0.514. The second-order valence-corrected chi connectivity index (χ2v) is 2.84. The zero-order valence-electron chi connectivity index (χ0n) is 7.53. The molecule has 1 N–H and O–H groups in total. The lowest BCUT2D eigenvalue weighted by Gasteiger charge is -1.98. The van der Waals surface area contributed by atoms with Crippen molar-refractivity contribution in [1.82, 2.24) is 0 Å². The molecule has 0 unspecified atom stereocenters. The van der Waals surface area contributed by atoms with Crippen molar-refractivity contribution >= 4 is 29.5 Å². The van der Waals surface area contributed by atoms with Crippen molar-refractivity contribution in [1.29, 1.82) is 0 Å². The molecule has 0 radical (unpaired) electrons. The fraction of sp³-hybridized carbons (Fsp3) is 0.111. The van der Waals surface area contributed by atoms with Gasteiger partial charge in [-0.25, -0.2) is 4.79 Å². The Kier molecular flexibility index (Phi) is 3.94. The van der Waals surface area contributed by atoms with Gasteiger partial charge in [0.2, 0.25) is 0 Å². The Bertz CT molecular complexity index is 352. The SMILES string of the molecule is COC(=O)C=NNc1cccc(Cl)c1. The summed E-state index contributed by atoms with van der Waals surface area (Å²) in [5.41, 5.74) is 3.34. The maximum Gasteiger partial charge on any atom is 0.350 e. The van der Waals surface area contributed by atoms with E-state index in [4.69, 9.17) is 11.6 Å². The van der Waals surface area contributed by atoms with Gasteiger partial charge in [0.1, 0.15) is 6.21 Å². The van der Waals surface area contributed by atoms with Crippen molar-refractivity contribution in [3.05, 3.63) is 29.3 Å². The van der Waals surface area contributed by atoms with E-state index >= 15 is 0 Å². The van der Waals surface area contributed by atoms with Gasteiger partial charge in [-0.05, 0) is 18.2 Å². The largest absolute Gasteiger partial charge is 0.465 e. The van der Waals surface area contributed by atoms with E-state index in [1.54, 1.807) is 24.3 Å². The number of nitrogens with one attached hydrogen (secondary N) is 1. The van der Waals surface area contributed by atoms with E-state index in [1.807, 2.05) is 0 Å². The molecule has 0 aliphatic carbocycles. The number of carbonyl (C=O) groups is 1. The molecular formula is C9H9ClN2O2. The molecule has 0 heterocycles. The summed E-state index contributed by atoms with van der Waals surface area (Å²) >= 11 is 5.73. The lowest BCUT2D eigenvalue weighted by molar-refractivity contribution is -0.132. The van der Waals surface area contributed by atoms with Crippen LogP contribution in [0.15, 0.2) is 29.4 Å². The van der Waals surface area contributed by atoms with Crippen LogP contribution >= 0.6 is 11.6 Å². The van der Waals surface area contributed by atoms with Gasteiger partial charge in [0.15, 0.2) is 0 Å². The van der Waals surface area contributed by atoms with Crippen LogP contribution in [0.25, 0.3) is 0 Å².